The number of aromatic nitrogens is 4. The maximum absolute atomic E-state index is 12.5. The van der Waals surface area contributed by atoms with E-state index in [4.69, 9.17) is 0 Å². The van der Waals surface area contributed by atoms with E-state index in [1.807, 2.05) is 4.68 Å². The molecule has 1 fully saturated rings. The highest BCUT2D eigenvalue weighted by Gasteiger charge is 2.21. The zero-order chi connectivity index (χ0) is 15.8. The van der Waals surface area contributed by atoms with Gasteiger partial charge in [-0.15, -0.1) is 11.3 Å². The number of fused-ring (bicyclic) bond motifs is 1. The van der Waals surface area contributed by atoms with Gasteiger partial charge in [-0.2, -0.15) is 5.10 Å². The molecule has 1 saturated carbocycles. The van der Waals surface area contributed by atoms with Crippen LogP contribution in [-0.2, 0) is 0 Å². The molecule has 0 radical (unpaired) electrons. The van der Waals surface area contributed by atoms with Crippen LogP contribution in [0.1, 0.15) is 42.1 Å². The van der Waals surface area contributed by atoms with Gasteiger partial charge < -0.3 is 5.32 Å². The molecular formula is C15H15N5O2S. The van der Waals surface area contributed by atoms with Crippen LogP contribution < -0.4 is 10.9 Å². The summed E-state index contributed by atoms with van der Waals surface area (Å²) in [7, 11) is 0. The van der Waals surface area contributed by atoms with Gasteiger partial charge in [0.05, 0.1) is 12.2 Å². The van der Waals surface area contributed by atoms with Gasteiger partial charge in [-0.05, 0) is 12.8 Å². The van der Waals surface area contributed by atoms with Crippen molar-refractivity contribution in [2.45, 2.75) is 31.7 Å². The average Bonchev–Trinajstić information content (AvgIpc) is 3.28. The number of nitrogens with one attached hydrogen (secondary N) is 1. The van der Waals surface area contributed by atoms with E-state index in [0.29, 0.717) is 16.8 Å². The van der Waals surface area contributed by atoms with Gasteiger partial charge in [0.25, 0.3) is 11.5 Å². The summed E-state index contributed by atoms with van der Waals surface area (Å²) in [6.07, 6.45) is 9.11. The van der Waals surface area contributed by atoms with Gasteiger partial charge >= 0.3 is 0 Å². The lowest BCUT2D eigenvalue weighted by Crippen LogP contribution is -2.27. The zero-order valence-electron chi connectivity index (χ0n) is 12.3. The first-order valence-electron chi connectivity index (χ1n) is 7.54. The van der Waals surface area contributed by atoms with E-state index >= 15 is 0 Å². The number of anilines is 1. The van der Waals surface area contributed by atoms with Crippen molar-refractivity contribution in [3.8, 4) is 0 Å². The predicted molar refractivity (Wildman–Crippen MR) is 87.0 cm³/mol. The summed E-state index contributed by atoms with van der Waals surface area (Å²) in [5.74, 6) is 0.166. The number of nitrogens with zero attached hydrogens (tertiary/aromatic N) is 4. The second-order valence-corrected chi connectivity index (χ2v) is 6.46. The van der Waals surface area contributed by atoms with E-state index in [2.05, 4.69) is 15.4 Å². The molecule has 0 unspecified atom stereocenters. The molecule has 7 nitrogen and oxygen atoms in total. The second-order valence-electron chi connectivity index (χ2n) is 5.59. The molecule has 8 heteroatoms. The summed E-state index contributed by atoms with van der Waals surface area (Å²) >= 11 is 1.35. The van der Waals surface area contributed by atoms with Crippen LogP contribution in [0, 0.1) is 0 Å². The Bertz CT molecular complexity index is 919. The van der Waals surface area contributed by atoms with E-state index in [1.165, 1.54) is 34.8 Å². The first kappa shape index (κ1) is 14.1. The molecule has 23 heavy (non-hydrogen) atoms. The predicted octanol–water partition coefficient (Wildman–Crippen LogP) is 2.32. The fourth-order valence-corrected chi connectivity index (χ4v) is 3.69. The molecule has 118 valence electrons. The lowest BCUT2D eigenvalue weighted by Gasteiger charge is -2.14. The minimum absolute atomic E-state index is 0.0278. The van der Waals surface area contributed by atoms with Crippen molar-refractivity contribution >= 4 is 28.0 Å². The van der Waals surface area contributed by atoms with E-state index in [1.54, 1.807) is 23.8 Å². The monoisotopic (exact) mass is 329 g/mol. The van der Waals surface area contributed by atoms with Gasteiger partial charge in [0.2, 0.25) is 0 Å². The van der Waals surface area contributed by atoms with Crippen LogP contribution in [-0.4, -0.2) is 25.1 Å². The molecule has 0 aromatic carbocycles. The molecule has 1 aliphatic rings. The first-order chi connectivity index (χ1) is 11.2. The third kappa shape index (κ3) is 2.44. The molecule has 0 bridgehead atoms. The lowest BCUT2D eigenvalue weighted by atomic mass is 10.2. The molecule has 1 N–H and O–H groups in total. The highest BCUT2D eigenvalue weighted by molar-refractivity contribution is 7.15. The zero-order valence-corrected chi connectivity index (χ0v) is 13.1. The second kappa shape index (κ2) is 5.62. The Morgan fingerprint density at radius 1 is 1.35 bits per heavy atom. The molecule has 1 amide bonds. The molecule has 3 aromatic rings. The highest BCUT2D eigenvalue weighted by Crippen LogP contribution is 2.31. The fraction of sp³-hybridized carbons (Fsp3) is 0.333. The van der Waals surface area contributed by atoms with E-state index in [-0.39, 0.29) is 11.1 Å². The van der Waals surface area contributed by atoms with Crippen molar-refractivity contribution in [1.29, 1.82) is 0 Å². The largest absolute Gasteiger partial charge is 0.307 e. The third-order valence-electron chi connectivity index (χ3n) is 4.17. The van der Waals surface area contributed by atoms with Crippen LogP contribution in [0.15, 0.2) is 34.8 Å². The number of rotatable bonds is 3. The summed E-state index contributed by atoms with van der Waals surface area (Å²) in [5.41, 5.74) is -0.333. The number of carbonyl (C=O) groups is 1. The van der Waals surface area contributed by atoms with Gasteiger partial charge in [0, 0.05) is 23.8 Å². The number of hydrogen-bond acceptors (Lipinski definition) is 5. The lowest BCUT2D eigenvalue weighted by molar-refractivity contribution is 0.102. The molecule has 3 aromatic heterocycles. The van der Waals surface area contributed by atoms with Gasteiger partial charge in [-0.1, -0.05) is 12.8 Å². The summed E-state index contributed by atoms with van der Waals surface area (Å²) in [6.45, 7) is 0. The van der Waals surface area contributed by atoms with Crippen LogP contribution in [0.2, 0.25) is 0 Å². The van der Waals surface area contributed by atoms with Crippen molar-refractivity contribution in [3.05, 3.63) is 46.0 Å². The summed E-state index contributed by atoms with van der Waals surface area (Å²) in [6, 6.07) is 2.07. The summed E-state index contributed by atoms with van der Waals surface area (Å²) in [5, 5.41) is 8.87. The smallest absolute Gasteiger partial charge is 0.271 e. The average molecular weight is 329 g/mol. The Morgan fingerprint density at radius 2 is 2.17 bits per heavy atom. The van der Waals surface area contributed by atoms with Crippen LogP contribution in [0.4, 0.5) is 5.82 Å². The Balaban J connectivity index is 1.63. The topological polar surface area (TPSA) is 81.3 Å². The Labute approximate surface area is 135 Å². The molecule has 3 heterocycles. The summed E-state index contributed by atoms with van der Waals surface area (Å²) in [4.78, 5) is 29.5. The molecule has 0 atom stereocenters. The van der Waals surface area contributed by atoms with Gasteiger partial charge in [-0.3, -0.25) is 14.0 Å². The highest BCUT2D eigenvalue weighted by atomic mass is 32.1. The Kier molecular flexibility index (Phi) is 3.45. The summed E-state index contributed by atoms with van der Waals surface area (Å²) < 4.78 is 3.23. The maximum atomic E-state index is 12.5. The molecule has 0 aliphatic heterocycles. The minimum atomic E-state index is -0.456. The van der Waals surface area contributed by atoms with E-state index in [9.17, 15) is 9.59 Å². The van der Waals surface area contributed by atoms with Gasteiger partial charge in [-0.25, -0.2) is 9.67 Å². The van der Waals surface area contributed by atoms with Crippen LogP contribution in [0.25, 0.3) is 4.96 Å². The number of amides is 1. The molecule has 0 spiro atoms. The van der Waals surface area contributed by atoms with Crippen molar-refractivity contribution in [3.63, 3.8) is 0 Å². The SMILES string of the molecule is O=C(Nc1ccnn1C1CCCC1)c1cnc2sccn2c1=O. The van der Waals surface area contributed by atoms with Gasteiger partial charge in [0.1, 0.15) is 11.4 Å². The van der Waals surface area contributed by atoms with Crippen LogP contribution in [0.3, 0.4) is 0 Å². The normalized spacial score (nSPS) is 15.3. The molecule has 1 aliphatic carbocycles. The Hall–Kier alpha value is -2.48. The number of hydrogen-bond donors (Lipinski definition) is 1. The maximum Gasteiger partial charge on any atom is 0.271 e. The number of thiazole rings is 1. The van der Waals surface area contributed by atoms with Crippen LogP contribution in [0.5, 0.6) is 0 Å². The van der Waals surface area contributed by atoms with Crippen molar-refractivity contribution < 1.29 is 4.79 Å². The molecule has 0 saturated heterocycles. The van der Waals surface area contributed by atoms with E-state index in [0.717, 1.165) is 12.8 Å². The quantitative estimate of drug-likeness (QED) is 0.799. The molecule has 4 rings (SSSR count). The first-order valence-corrected chi connectivity index (χ1v) is 8.42. The number of carbonyl (C=O) groups excluding carboxylic acids is 1. The fourth-order valence-electron chi connectivity index (χ4n) is 3.02. The van der Waals surface area contributed by atoms with Crippen molar-refractivity contribution in [2.24, 2.45) is 0 Å². The van der Waals surface area contributed by atoms with Crippen LogP contribution >= 0.6 is 11.3 Å². The van der Waals surface area contributed by atoms with Crippen molar-refractivity contribution in [1.82, 2.24) is 19.2 Å². The standard InChI is InChI=1S/C15H15N5O2S/c21-13(11-9-16-15-19(14(11)22)7-8-23-15)18-12-5-6-17-20(12)10-3-1-2-4-10/h5-10H,1-4H2,(H,18,21). The minimum Gasteiger partial charge on any atom is -0.307 e. The molecular weight excluding hydrogens is 314 g/mol. The third-order valence-corrected chi connectivity index (χ3v) is 4.94. The van der Waals surface area contributed by atoms with E-state index < -0.39 is 5.91 Å². The van der Waals surface area contributed by atoms with Crippen molar-refractivity contribution in [2.75, 3.05) is 5.32 Å². The van der Waals surface area contributed by atoms with Gasteiger partial charge in [0.15, 0.2) is 4.96 Å². The Morgan fingerprint density at radius 3 is 3.00 bits per heavy atom.